The SMILES string of the molecule is CCc1ccccc1N(CC(=O)N(Cc1ccc(C)cc1)[C@H](C)C(=O)NC1CCCCC1)S(=O)(=O)c1ccc(C)cc1. The van der Waals surface area contributed by atoms with E-state index in [0.29, 0.717) is 12.1 Å². The number of hydrogen-bond acceptors (Lipinski definition) is 4. The average molecular weight is 590 g/mol. The van der Waals surface area contributed by atoms with Crippen LogP contribution in [0.4, 0.5) is 5.69 Å². The molecular formula is C34H43N3O4S. The predicted molar refractivity (Wildman–Crippen MR) is 168 cm³/mol. The molecule has 1 N–H and O–H groups in total. The molecule has 0 saturated heterocycles. The number of rotatable bonds is 11. The van der Waals surface area contributed by atoms with Crippen molar-refractivity contribution in [2.45, 2.75) is 89.7 Å². The summed E-state index contributed by atoms with van der Waals surface area (Å²) in [4.78, 5) is 29.3. The topological polar surface area (TPSA) is 86.8 Å². The van der Waals surface area contributed by atoms with Gasteiger partial charge in [0.2, 0.25) is 11.8 Å². The van der Waals surface area contributed by atoms with Crippen molar-refractivity contribution in [2.24, 2.45) is 0 Å². The van der Waals surface area contributed by atoms with E-state index in [1.807, 2.05) is 57.2 Å². The zero-order valence-electron chi connectivity index (χ0n) is 25.2. The van der Waals surface area contributed by atoms with E-state index < -0.39 is 28.5 Å². The zero-order chi connectivity index (χ0) is 30.3. The summed E-state index contributed by atoms with van der Waals surface area (Å²) >= 11 is 0. The lowest BCUT2D eigenvalue weighted by Crippen LogP contribution is -2.53. The number of amides is 2. The number of aryl methyl sites for hydroxylation is 3. The van der Waals surface area contributed by atoms with Gasteiger partial charge >= 0.3 is 0 Å². The number of hydrogen-bond donors (Lipinski definition) is 1. The van der Waals surface area contributed by atoms with Crippen molar-refractivity contribution in [1.29, 1.82) is 0 Å². The smallest absolute Gasteiger partial charge is 0.264 e. The van der Waals surface area contributed by atoms with Crippen molar-refractivity contribution in [3.05, 3.63) is 95.1 Å². The van der Waals surface area contributed by atoms with E-state index >= 15 is 0 Å². The Kier molecular flexibility index (Phi) is 10.4. The summed E-state index contributed by atoms with van der Waals surface area (Å²) in [6.07, 6.45) is 5.78. The Morgan fingerprint density at radius 1 is 0.881 bits per heavy atom. The van der Waals surface area contributed by atoms with Crippen LogP contribution in [-0.4, -0.2) is 43.8 Å². The Morgan fingerprint density at radius 3 is 2.10 bits per heavy atom. The van der Waals surface area contributed by atoms with E-state index in [1.54, 1.807) is 43.3 Å². The van der Waals surface area contributed by atoms with E-state index in [1.165, 1.54) is 15.6 Å². The number of carbonyl (C=O) groups excluding carboxylic acids is 2. The largest absolute Gasteiger partial charge is 0.352 e. The van der Waals surface area contributed by atoms with Crippen molar-refractivity contribution in [2.75, 3.05) is 10.8 Å². The molecule has 1 aliphatic carbocycles. The van der Waals surface area contributed by atoms with Gasteiger partial charge < -0.3 is 10.2 Å². The number of benzene rings is 3. The molecule has 0 heterocycles. The molecule has 1 atom stereocenters. The van der Waals surface area contributed by atoms with Crippen LogP contribution in [0.15, 0.2) is 77.7 Å². The standard InChI is InChI=1S/C34H43N3O4S/c1-5-29-11-9-10-14-32(29)37(42(40,41)31-21-17-26(3)18-22-31)24-33(38)36(23-28-19-15-25(2)16-20-28)27(4)34(39)35-30-12-7-6-8-13-30/h9-11,14-22,27,30H,5-8,12-13,23-24H2,1-4H3,(H,35,39)/t27-/m1/s1. The Labute approximate surface area is 251 Å². The van der Waals surface area contributed by atoms with Crippen LogP contribution in [0.25, 0.3) is 0 Å². The highest BCUT2D eigenvalue weighted by atomic mass is 32.2. The third kappa shape index (κ3) is 7.59. The molecule has 0 aliphatic heterocycles. The van der Waals surface area contributed by atoms with Crippen LogP contribution in [0.1, 0.15) is 68.2 Å². The van der Waals surface area contributed by atoms with Crippen molar-refractivity contribution in [3.8, 4) is 0 Å². The zero-order valence-corrected chi connectivity index (χ0v) is 26.0. The lowest BCUT2D eigenvalue weighted by molar-refractivity contribution is -0.139. The molecule has 1 aliphatic rings. The minimum Gasteiger partial charge on any atom is -0.352 e. The number of sulfonamides is 1. The number of carbonyl (C=O) groups is 2. The van der Waals surface area contributed by atoms with E-state index in [2.05, 4.69) is 5.32 Å². The maximum absolute atomic E-state index is 14.2. The molecule has 1 saturated carbocycles. The van der Waals surface area contributed by atoms with Crippen LogP contribution >= 0.6 is 0 Å². The van der Waals surface area contributed by atoms with Gasteiger partial charge in [0.1, 0.15) is 12.6 Å². The molecule has 0 spiro atoms. The lowest BCUT2D eigenvalue weighted by Gasteiger charge is -2.33. The molecular weight excluding hydrogens is 546 g/mol. The van der Waals surface area contributed by atoms with E-state index in [4.69, 9.17) is 0 Å². The summed E-state index contributed by atoms with van der Waals surface area (Å²) < 4.78 is 29.4. The highest BCUT2D eigenvalue weighted by Crippen LogP contribution is 2.28. The summed E-state index contributed by atoms with van der Waals surface area (Å²) in [5.41, 5.74) is 4.17. The monoisotopic (exact) mass is 589 g/mol. The molecule has 3 aromatic rings. The first kappa shape index (κ1) is 31.3. The second-order valence-corrected chi connectivity index (χ2v) is 13.2. The molecule has 7 nitrogen and oxygen atoms in total. The first-order valence-corrected chi connectivity index (χ1v) is 16.4. The van der Waals surface area contributed by atoms with Crippen LogP contribution in [0, 0.1) is 13.8 Å². The van der Waals surface area contributed by atoms with Crippen molar-refractivity contribution in [3.63, 3.8) is 0 Å². The van der Waals surface area contributed by atoms with Gasteiger partial charge in [-0.1, -0.05) is 91.9 Å². The Morgan fingerprint density at radius 2 is 1.48 bits per heavy atom. The minimum atomic E-state index is -4.09. The van der Waals surface area contributed by atoms with Crippen LogP contribution in [0.2, 0.25) is 0 Å². The molecule has 0 bridgehead atoms. The Balaban J connectivity index is 1.70. The molecule has 0 aromatic heterocycles. The molecule has 0 radical (unpaired) electrons. The van der Waals surface area contributed by atoms with Gasteiger partial charge in [-0.3, -0.25) is 13.9 Å². The van der Waals surface area contributed by atoms with Gasteiger partial charge in [0.05, 0.1) is 10.6 Å². The fraction of sp³-hybridized carbons (Fsp3) is 0.412. The second-order valence-electron chi connectivity index (χ2n) is 11.3. The fourth-order valence-electron chi connectivity index (χ4n) is 5.45. The quantitative estimate of drug-likeness (QED) is 0.301. The molecule has 42 heavy (non-hydrogen) atoms. The van der Waals surface area contributed by atoms with Crippen LogP contribution in [-0.2, 0) is 32.6 Å². The van der Waals surface area contributed by atoms with E-state index in [0.717, 1.165) is 47.9 Å². The molecule has 0 unspecified atom stereocenters. The predicted octanol–water partition coefficient (Wildman–Crippen LogP) is 5.93. The fourth-order valence-corrected chi connectivity index (χ4v) is 6.90. The van der Waals surface area contributed by atoms with Crippen LogP contribution < -0.4 is 9.62 Å². The second kappa shape index (κ2) is 14.0. The minimum absolute atomic E-state index is 0.0971. The molecule has 8 heteroatoms. The van der Waals surface area contributed by atoms with Crippen LogP contribution in [0.5, 0.6) is 0 Å². The normalized spacial score (nSPS) is 14.7. The van der Waals surface area contributed by atoms with Crippen molar-refractivity contribution < 1.29 is 18.0 Å². The van der Waals surface area contributed by atoms with Crippen molar-refractivity contribution in [1.82, 2.24) is 10.2 Å². The summed E-state index contributed by atoms with van der Waals surface area (Å²) in [5.74, 6) is -0.660. The third-order valence-corrected chi connectivity index (χ3v) is 9.90. The molecule has 3 aromatic carbocycles. The van der Waals surface area contributed by atoms with Gasteiger partial charge in [0.25, 0.3) is 10.0 Å². The van der Waals surface area contributed by atoms with Crippen molar-refractivity contribution >= 4 is 27.5 Å². The first-order valence-electron chi connectivity index (χ1n) is 14.9. The number of nitrogens with zero attached hydrogens (tertiary/aromatic N) is 2. The van der Waals surface area contributed by atoms with Gasteiger partial charge in [0, 0.05) is 12.6 Å². The first-order chi connectivity index (χ1) is 20.1. The lowest BCUT2D eigenvalue weighted by atomic mass is 9.95. The highest BCUT2D eigenvalue weighted by Gasteiger charge is 2.33. The van der Waals surface area contributed by atoms with Gasteiger partial charge in [-0.05, 0) is 69.4 Å². The summed E-state index contributed by atoms with van der Waals surface area (Å²) in [5, 5.41) is 3.15. The summed E-state index contributed by atoms with van der Waals surface area (Å²) in [6, 6.07) is 21.0. The molecule has 4 rings (SSSR count). The van der Waals surface area contributed by atoms with E-state index in [-0.39, 0.29) is 23.4 Å². The number of anilines is 1. The average Bonchev–Trinajstić information content (AvgIpc) is 2.99. The van der Waals surface area contributed by atoms with Gasteiger partial charge in [-0.2, -0.15) is 0 Å². The maximum atomic E-state index is 14.2. The summed E-state index contributed by atoms with van der Waals surface area (Å²) in [6.45, 7) is 7.33. The Bertz CT molecular complexity index is 1460. The highest BCUT2D eigenvalue weighted by molar-refractivity contribution is 7.92. The number of nitrogens with one attached hydrogen (secondary N) is 1. The molecule has 224 valence electrons. The molecule has 1 fully saturated rings. The van der Waals surface area contributed by atoms with Gasteiger partial charge in [0.15, 0.2) is 0 Å². The van der Waals surface area contributed by atoms with Crippen LogP contribution in [0.3, 0.4) is 0 Å². The van der Waals surface area contributed by atoms with E-state index in [9.17, 15) is 18.0 Å². The van der Waals surface area contributed by atoms with Gasteiger partial charge in [-0.25, -0.2) is 8.42 Å². The number of para-hydroxylation sites is 1. The maximum Gasteiger partial charge on any atom is 0.264 e. The Hall–Kier alpha value is -3.65. The summed E-state index contributed by atoms with van der Waals surface area (Å²) in [7, 11) is -4.09. The molecule has 2 amide bonds. The van der Waals surface area contributed by atoms with Gasteiger partial charge in [-0.15, -0.1) is 0 Å². The third-order valence-electron chi connectivity index (χ3n) is 8.12.